The molecule has 0 aliphatic rings. The average Bonchev–Trinajstić information content (AvgIpc) is 2.57. The van der Waals surface area contributed by atoms with Crippen molar-refractivity contribution in [1.82, 2.24) is 4.90 Å². The fraction of sp³-hybridized carbons (Fsp3) is 0.263. The largest absolute Gasteiger partial charge is 0.478 e. The van der Waals surface area contributed by atoms with Gasteiger partial charge in [-0.3, -0.25) is 4.79 Å². The van der Waals surface area contributed by atoms with Crippen molar-refractivity contribution in [2.45, 2.75) is 19.3 Å². The highest BCUT2D eigenvalue weighted by Crippen LogP contribution is 2.15. The topological polar surface area (TPSA) is 57.6 Å². The summed E-state index contributed by atoms with van der Waals surface area (Å²) in [5.74, 6) is -2.48. The SMILES string of the molecule is CN(CCCCc1cccc(Br)c1)C(=O)c1ccc(C(=O)O)cc1F. The summed E-state index contributed by atoms with van der Waals surface area (Å²) in [5.41, 5.74) is 0.934. The van der Waals surface area contributed by atoms with Gasteiger partial charge < -0.3 is 10.0 Å². The first kappa shape index (κ1) is 19.1. The number of benzene rings is 2. The molecule has 0 saturated heterocycles. The van der Waals surface area contributed by atoms with Crippen LogP contribution in [0.2, 0.25) is 0 Å². The fourth-order valence-electron chi connectivity index (χ4n) is 2.50. The molecule has 0 aliphatic carbocycles. The highest BCUT2D eigenvalue weighted by Gasteiger charge is 2.17. The lowest BCUT2D eigenvalue weighted by atomic mass is 10.1. The molecule has 0 aliphatic heterocycles. The van der Waals surface area contributed by atoms with E-state index in [-0.39, 0.29) is 11.1 Å². The van der Waals surface area contributed by atoms with Crippen LogP contribution in [0.4, 0.5) is 4.39 Å². The second-order valence-corrected chi connectivity index (χ2v) is 6.73. The molecule has 6 heteroatoms. The molecule has 2 aromatic carbocycles. The van der Waals surface area contributed by atoms with Gasteiger partial charge in [-0.25, -0.2) is 9.18 Å². The maximum absolute atomic E-state index is 14.0. The van der Waals surface area contributed by atoms with Crippen LogP contribution in [0.5, 0.6) is 0 Å². The van der Waals surface area contributed by atoms with Gasteiger partial charge in [-0.1, -0.05) is 28.1 Å². The number of carbonyl (C=O) groups excluding carboxylic acids is 1. The summed E-state index contributed by atoms with van der Waals surface area (Å²) in [6, 6.07) is 11.4. The molecular formula is C19H19BrFNO3. The predicted octanol–water partition coefficient (Wildman–Crippen LogP) is 4.38. The zero-order valence-electron chi connectivity index (χ0n) is 13.8. The fourth-order valence-corrected chi connectivity index (χ4v) is 2.95. The Morgan fingerprint density at radius 2 is 1.92 bits per heavy atom. The van der Waals surface area contributed by atoms with E-state index in [1.165, 1.54) is 22.6 Å². The number of amides is 1. The smallest absolute Gasteiger partial charge is 0.335 e. The molecule has 0 heterocycles. The van der Waals surface area contributed by atoms with Crippen LogP contribution in [0.3, 0.4) is 0 Å². The summed E-state index contributed by atoms with van der Waals surface area (Å²) in [4.78, 5) is 24.6. The van der Waals surface area contributed by atoms with Gasteiger partial charge in [0.2, 0.25) is 0 Å². The van der Waals surface area contributed by atoms with Gasteiger partial charge in [0.25, 0.3) is 5.91 Å². The van der Waals surface area contributed by atoms with Crippen molar-refractivity contribution in [3.8, 4) is 0 Å². The lowest BCUT2D eigenvalue weighted by Gasteiger charge is -2.17. The Hall–Kier alpha value is -2.21. The maximum atomic E-state index is 14.0. The molecule has 0 bridgehead atoms. The molecule has 0 spiro atoms. The molecule has 2 rings (SSSR count). The first-order valence-corrected chi connectivity index (χ1v) is 8.70. The quantitative estimate of drug-likeness (QED) is 0.692. The number of rotatable bonds is 7. The van der Waals surface area contributed by atoms with Crippen molar-refractivity contribution in [1.29, 1.82) is 0 Å². The molecule has 0 unspecified atom stereocenters. The maximum Gasteiger partial charge on any atom is 0.335 e. The van der Waals surface area contributed by atoms with E-state index in [2.05, 4.69) is 28.1 Å². The Balaban J connectivity index is 1.87. The molecule has 1 amide bonds. The number of halogens is 2. The van der Waals surface area contributed by atoms with E-state index in [9.17, 15) is 14.0 Å². The van der Waals surface area contributed by atoms with Crippen LogP contribution in [0.15, 0.2) is 46.9 Å². The van der Waals surface area contributed by atoms with Gasteiger partial charge in [-0.15, -0.1) is 0 Å². The van der Waals surface area contributed by atoms with Crippen LogP contribution in [0, 0.1) is 5.82 Å². The summed E-state index contributed by atoms with van der Waals surface area (Å²) in [5, 5.41) is 8.84. The van der Waals surface area contributed by atoms with Crippen LogP contribution < -0.4 is 0 Å². The number of unbranched alkanes of at least 4 members (excludes halogenated alkanes) is 1. The number of nitrogens with zero attached hydrogens (tertiary/aromatic N) is 1. The van der Waals surface area contributed by atoms with Gasteiger partial charge in [0, 0.05) is 18.1 Å². The van der Waals surface area contributed by atoms with Gasteiger partial charge in [-0.05, 0) is 55.2 Å². The average molecular weight is 408 g/mol. The van der Waals surface area contributed by atoms with Gasteiger partial charge >= 0.3 is 5.97 Å². The van der Waals surface area contributed by atoms with Gasteiger partial charge in [0.1, 0.15) is 5.82 Å². The van der Waals surface area contributed by atoms with E-state index in [4.69, 9.17) is 5.11 Å². The lowest BCUT2D eigenvalue weighted by Crippen LogP contribution is -2.28. The third kappa shape index (κ3) is 5.39. The third-order valence-corrected chi connectivity index (χ3v) is 4.38. The minimum absolute atomic E-state index is 0.112. The number of carboxylic acid groups (broad SMARTS) is 1. The van der Waals surface area contributed by atoms with Crippen molar-refractivity contribution in [3.05, 3.63) is 69.4 Å². The minimum atomic E-state index is -1.22. The van der Waals surface area contributed by atoms with E-state index in [1.807, 2.05) is 12.1 Å². The Labute approximate surface area is 154 Å². The second kappa shape index (κ2) is 8.76. The Kier molecular flexibility index (Phi) is 6.70. The van der Waals surface area contributed by atoms with Gasteiger partial charge in [0.05, 0.1) is 11.1 Å². The summed E-state index contributed by atoms with van der Waals surface area (Å²) < 4.78 is 15.0. The number of aryl methyl sites for hydroxylation is 1. The molecular weight excluding hydrogens is 389 g/mol. The Morgan fingerprint density at radius 1 is 1.16 bits per heavy atom. The molecule has 2 aromatic rings. The number of aromatic carboxylic acids is 1. The van der Waals surface area contributed by atoms with Crippen LogP contribution in [-0.4, -0.2) is 35.5 Å². The van der Waals surface area contributed by atoms with E-state index in [1.54, 1.807) is 7.05 Å². The normalized spacial score (nSPS) is 10.5. The molecule has 0 atom stereocenters. The summed E-state index contributed by atoms with van der Waals surface area (Å²) in [6.07, 6.45) is 2.61. The summed E-state index contributed by atoms with van der Waals surface area (Å²) >= 11 is 3.43. The summed E-state index contributed by atoms with van der Waals surface area (Å²) in [6.45, 7) is 0.507. The molecule has 25 heavy (non-hydrogen) atoms. The molecule has 4 nitrogen and oxygen atoms in total. The van der Waals surface area contributed by atoms with Gasteiger partial charge in [0.15, 0.2) is 0 Å². The van der Waals surface area contributed by atoms with Crippen LogP contribution in [0.1, 0.15) is 39.1 Å². The van der Waals surface area contributed by atoms with Crippen molar-refractivity contribution >= 4 is 27.8 Å². The second-order valence-electron chi connectivity index (χ2n) is 5.81. The van der Waals surface area contributed by atoms with Crippen LogP contribution >= 0.6 is 15.9 Å². The molecule has 0 saturated carbocycles. The van der Waals surface area contributed by atoms with E-state index in [0.29, 0.717) is 6.54 Å². The Morgan fingerprint density at radius 3 is 2.56 bits per heavy atom. The number of carboxylic acids is 1. The van der Waals surface area contributed by atoms with Crippen molar-refractivity contribution < 1.29 is 19.1 Å². The van der Waals surface area contributed by atoms with Crippen LogP contribution in [-0.2, 0) is 6.42 Å². The molecule has 0 fully saturated rings. The highest BCUT2D eigenvalue weighted by atomic mass is 79.9. The first-order chi connectivity index (χ1) is 11.9. The summed E-state index contributed by atoms with van der Waals surface area (Å²) in [7, 11) is 1.62. The van der Waals surface area contributed by atoms with Crippen LogP contribution in [0.25, 0.3) is 0 Å². The monoisotopic (exact) mass is 407 g/mol. The molecule has 0 aromatic heterocycles. The number of hydrogen-bond donors (Lipinski definition) is 1. The standard InChI is InChI=1S/C19H19BrFNO3/c1-22(10-3-2-5-13-6-4-7-15(20)11-13)18(23)16-9-8-14(19(24)25)12-17(16)21/h4,6-9,11-12H,2-3,5,10H2,1H3,(H,24,25). The zero-order valence-corrected chi connectivity index (χ0v) is 15.4. The number of hydrogen-bond acceptors (Lipinski definition) is 2. The number of carbonyl (C=O) groups is 2. The molecule has 0 radical (unpaired) electrons. The zero-order chi connectivity index (χ0) is 18.4. The van der Waals surface area contributed by atoms with E-state index < -0.39 is 17.7 Å². The van der Waals surface area contributed by atoms with E-state index >= 15 is 0 Å². The van der Waals surface area contributed by atoms with Crippen molar-refractivity contribution in [2.24, 2.45) is 0 Å². The lowest BCUT2D eigenvalue weighted by molar-refractivity contribution is 0.0694. The minimum Gasteiger partial charge on any atom is -0.478 e. The molecule has 132 valence electrons. The van der Waals surface area contributed by atoms with Crippen molar-refractivity contribution in [2.75, 3.05) is 13.6 Å². The van der Waals surface area contributed by atoms with Gasteiger partial charge in [-0.2, -0.15) is 0 Å². The van der Waals surface area contributed by atoms with E-state index in [0.717, 1.165) is 29.8 Å². The third-order valence-electron chi connectivity index (χ3n) is 3.89. The first-order valence-electron chi connectivity index (χ1n) is 7.91. The highest BCUT2D eigenvalue weighted by molar-refractivity contribution is 9.10. The van der Waals surface area contributed by atoms with Crippen molar-refractivity contribution in [3.63, 3.8) is 0 Å². The molecule has 1 N–H and O–H groups in total. The Bertz CT molecular complexity index is 779. The predicted molar refractivity (Wildman–Crippen MR) is 97.4 cm³/mol.